The Balaban J connectivity index is 0.867. The van der Waals surface area contributed by atoms with Gasteiger partial charge in [0.25, 0.3) is 0 Å². The lowest BCUT2D eigenvalue weighted by Crippen LogP contribution is -2.34. The number of para-hydroxylation sites is 5. The van der Waals surface area contributed by atoms with Crippen molar-refractivity contribution in [3.05, 3.63) is 239 Å². The Morgan fingerprint density at radius 1 is 0.609 bits per heavy atom. The van der Waals surface area contributed by atoms with Gasteiger partial charge in [-0.05, 0) is 120 Å². The average molecular weight is 824 g/mol. The van der Waals surface area contributed by atoms with Crippen LogP contribution in [0.2, 0.25) is 0 Å². The van der Waals surface area contributed by atoms with Crippen molar-refractivity contribution < 1.29 is 4.42 Å². The average Bonchev–Trinajstić information content (AvgIpc) is 4.10. The maximum absolute atomic E-state index is 6.83. The quantitative estimate of drug-likeness (QED) is 0.173. The van der Waals surface area contributed by atoms with Crippen LogP contribution in [0, 0.1) is 5.92 Å². The Labute approximate surface area is 373 Å². The molecule has 4 heterocycles. The number of rotatable bonds is 5. The molecule has 2 aromatic heterocycles. The van der Waals surface area contributed by atoms with Gasteiger partial charge in [-0.2, -0.15) is 0 Å². The molecule has 6 aromatic carbocycles. The van der Waals surface area contributed by atoms with Crippen molar-refractivity contribution in [2.24, 2.45) is 5.92 Å². The molecule has 14 rings (SSSR count). The van der Waals surface area contributed by atoms with Gasteiger partial charge in [0.05, 0.1) is 23.3 Å². The number of furan rings is 1. The zero-order chi connectivity index (χ0) is 41.9. The van der Waals surface area contributed by atoms with E-state index < -0.39 is 0 Å². The van der Waals surface area contributed by atoms with E-state index in [-0.39, 0.29) is 23.9 Å². The summed E-state index contributed by atoms with van der Waals surface area (Å²) < 4.78 is 9.28. The van der Waals surface area contributed by atoms with E-state index in [0.717, 1.165) is 47.9 Å². The lowest BCUT2D eigenvalue weighted by atomic mass is 9.80. The molecule has 0 radical (unpaired) electrons. The normalized spacial score (nSPS) is 21.8. The van der Waals surface area contributed by atoms with Gasteiger partial charge >= 0.3 is 0 Å². The van der Waals surface area contributed by atoms with Gasteiger partial charge in [0, 0.05) is 62.0 Å². The fraction of sp³-hybridized carbons (Fsp3) is 0.133. The second-order valence-electron chi connectivity index (χ2n) is 18.2. The second-order valence-corrected chi connectivity index (χ2v) is 18.2. The molecule has 4 heteroatoms. The zero-order valence-corrected chi connectivity index (χ0v) is 35.4. The summed E-state index contributed by atoms with van der Waals surface area (Å²) in [6.45, 7) is 0. The van der Waals surface area contributed by atoms with Gasteiger partial charge in [-0.1, -0.05) is 140 Å². The van der Waals surface area contributed by atoms with Crippen LogP contribution in [0.25, 0.3) is 50.2 Å². The molecule has 6 aliphatic rings. The lowest BCUT2D eigenvalue weighted by Gasteiger charge is -2.34. The monoisotopic (exact) mass is 823 g/mol. The van der Waals surface area contributed by atoms with Crippen LogP contribution >= 0.6 is 0 Å². The number of allylic oxidation sites excluding steroid dienone is 8. The van der Waals surface area contributed by atoms with Gasteiger partial charge in [0.2, 0.25) is 0 Å². The molecule has 4 unspecified atom stereocenters. The number of benzene rings is 6. The Morgan fingerprint density at radius 2 is 1.41 bits per heavy atom. The minimum Gasteiger partial charge on any atom is -0.454 e. The minimum atomic E-state index is 0.102. The van der Waals surface area contributed by atoms with Gasteiger partial charge in [0.1, 0.15) is 5.58 Å². The van der Waals surface area contributed by atoms with Crippen LogP contribution in [0.4, 0.5) is 17.1 Å². The Morgan fingerprint density at radius 3 is 2.31 bits per heavy atom. The van der Waals surface area contributed by atoms with Crippen molar-refractivity contribution in [3.63, 3.8) is 0 Å². The molecule has 8 aromatic rings. The summed E-state index contributed by atoms with van der Waals surface area (Å²) in [5.74, 6) is 0.462. The first kappa shape index (κ1) is 36.0. The van der Waals surface area contributed by atoms with Crippen molar-refractivity contribution in [2.45, 2.75) is 43.7 Å². The summed E-state index contributed by atoms with van der Waals surface area (Å²) in [7, 11) is 0. The Kier molecular flexibility index (Phi) is 7.85. The maximum Gasteiger partial charge on any atom is 0.159 e. The molecule has 0 spiro atoms. The van der Waals surface area contributed by atoms with Gasteiger partial charge in [-0.25, -0.2) is 0 Å². The van der Waals surface area contributed by atoms with Crippen molar-refractivity contribution in [3.8, 4) is 5.69 Å². The highest BCUT2D eigenvalue weighted by molar-refractivity contribution is 6.09. The number of fused-ring (bicyclic) bond motifs is 11. The summed E-state index contributed by atoms with van der Waals surface area (Å²) >= 11 is 0. The van der Waals surface area contributed by atoms with E-state index in [2.05, 4.69) is 215 Å². The Bertz CT molecular complexity index is 3480. The molecule has 4 atom stereocenters. The van der Waals surface area contributed by atoms with E-state index >= 15 is 0 Å². The van der Waals surface area contributed by atoms with Crippen LogP contribution in [0.3, 0.4) is 0 Å². The molecule has 0 amide bonds. The van der Waals surface area contributed by atoms with E-state index in [1.807, 2.05) is 0 Å². The van der Waals surface area contributed by atoms with Crippen LogP contribution in [-0.4, -0.2) is 16.7 Å². The summed E-state index contributed by atoms with van der Waals surface area (Å²) in [6, 6.07) is 53.5. The first-order valence-electron chi connectivity index (χ1n) is 23.0. The molecule has 0 N–H and O–H groups in total. The molecule has 4 aliphatic carbocycles. The number of hydrogen-bond donors (Lipinski definition) is 0. The van der Waals surface area contributed by atoms with Crippen molar-refractivity contribution in [1.82, 2.24) is 4.57 Å². The first-order valence-corrected chi connectivity index (χ1v) is 23.0. The van der Waals surface area contributed by atoms with E-state index in [1.165, 1.54) is 83.7 Å². The van der Waals surface area contributed by atoms with E-state index in [4.69, 9.17) is 4.42 Å². The summed E-state index contributed by atoms with van der Waals surface area (Å²) in [6.07, 6.45) is 25.9. The Hall–Kier alpha value is -7.56. The first-order chi connectivity index (χ1) is 31.7. The predicted molar refractivity (Wildman–Crippen MR) is 264 cm³/mol. The third-order valence-electron chi connectivity index (χ3n) is 14.9. The van der Waals surface area contributed by atoms with Crippen LogP contribution in [0.1, 0.15) is 47.6 Å². The van der Waals surface area contributed by atoms with Crippen molar-refractivity contribution >= 4 is 61.6 Å². The van der Waals surface area contributed by atoms with E-state index in [9.17, 15) is 0 Å². The van der Waals surface area contributed by atoms with Crippen LogP contribution in [0.5, 0.6) is 0 Å². The number of aromatic nitrogens is 1. The molecular weight excluding hydrogens is 779 g/mol. The smallest absolute Gasteiger partial charge is 0.159 e. The number of nitrogens with zero attached hydrogens (tertiary/aromatic N) is 3. The molecule has 4 nitrogen and oxygen atoms in total. The number of hydrogen-bond acceptors (Lipinski definition) is 3. The summed E-state index contributed by atoms with van der Waals surface area (Å²) in [5, 5.41) is 3.70. The third kappa shape index (κ3) is 5.29. The molecule has 306 valence electrons. The highest BCUT2D eigenvalue weighted by Gasteiger charge is 2.44. The second kappa shape index (κ2) is 14.0. The molecule has 0 fully saturated rings. The molecule has 64 heavy (non-hydrogen) atoms. The van der Waals surface area contributed by atoms with Crippen LogP contribution < -0.4 is 9.80 Å². The highest BCUT2D eigenvalue weighted by atomic mass is 16.3. The van der Waals surface area contributed by atoms with Gasteiger partial charge in [0.15, 0.2) is 5.58 Å². The molecule has 0 bridgehead atoms. The molecular formula is C60H45N3O. The summed E-state index contributed by atoms with van der Waals surface area (Å²) in [4.78, 5) is 5.22. The third-order valence-corrected chi connectivity index (χ3v) is 14.9. The maximum atomic E-state index is 6.83. The standard InChI is InChI=1S/C60H45N3O/c1-3-14-42(15-4-1)61-53-23-11-8-19-45(53)51-34-38(29-33-54(51)61)39-26-31-47-48-32-28-41(40-27-30-46-44-18-7-10-22-52(44)62(56(46)35-40)43-16-5-2-6-17-43)37-58(48)63(57(47)36-39)55-24-13-21-50-49-20-9-12-25-59(49)64-60(50)55/h1-7,9-18,20-34,37,39,48,56,58H,8,19,35-36H2. The van der Waals surface area contributed by atoms with Crippen molar-refractivity contribution in [2.75, 3.05) is 9.80 Å². The SMILES string of the molecule is C1=Cc2c(c3cc(C4C=CC5=C(C4)N(c4cccc6c4oc4ccccc46)C4C=C(C6=CC=C7c8ccccc8N(c8ccccc8)C7C6)C=CC54)ccc3n2-c2ccccc2)CC1. The van der Waals surface area contributed by atoms with Crippen LogP contribution in [0.15, 0.2) is 221 Å². The summed E-state index contributed by atoms with van der Waals surface area (Å²) in [5.41, 5.74) is 20.5. The van der Waals surface area contributed by atoms with Crippen LogP contribution in [-0.2, 0) is 6.42 Å². The van der Waals surface area contributed by atoms with E-state index in [0.29, 0.717) is 0 Å². The number of anilines is 3. The van der Waals surface area contributed by atoms with Gasteiger partial charge in [-0.15, -0.1) is 0 Å². The number of aryl methyl sites for hydroxylation is 1. The predicted octanol–water partition coefficient (Wildman–Crippen LogP) is 14.7. The topological polar surface area (TPSA) is 24.6 Å². The van der Waals surface area contributed by atoms with Crippen molar-refractivity contribution in [1.29, 1.82) is 0 Å². The zero-order valence-electron chi connectivity index (χ0n) is 35.4. The van der Waals surface area contributed by atoms with Gasteiger partial charge in [-0.3, -0.25) is 0 Å². The molecule has 0 saturated carbocycles. The lowest BCUT2D eigenvalue weighted by molar-refractivity contribution is 0.648. The molecule has 0 saturated heterocycles. The fourth-order valence-electron chi connectivity index (χ4n) is 12.0. The van der Waals surface area contributed by atoms with Gasteiger partial charge < -0.3 is 18.8 Å². The highest BCUT2D eigenvalue weighted by Crippen LogP contribution is 2.53. The minimum absolute atomic E-state index is 0.102. The largest absolute Gasteiger partial charge is 0.454 e. The molecule has 2 aliphatic heterocycles. The fourth-order valence-corrected chi connectivity index (χ4v) is 12.0. The van der Waals surface area contributed by atoms with E-state index in [1.54, 1.807) is 0 Å².